The van der Waals surface area contributed by atoms with Crippen LogP contribution >= 0.6 is 0 Å². The molecule has 1 heterocycles. The average Bonchev–Trinajstić information content (AvgIpc) is 2.82. The van der Waals surface area contributed by atoms with Crippen molar-refractivity contribution < 1.29 is 4.74 Å². The maximum atomic E-state index is 9.03. The van der Waals surface area contributed by atoms with Crippen LogP contribution in [0.1, 0.15) is 33.6 Å². The standard InChI is InChI=1S/C17H22N2O/c1-4-20-15-6-7-16-14(12-15)8-11-19(16)10-5-9-17(2,3)13-18/h6-8,11-12H,4-5,9-10H2,1-3H3. The van der Waals surface area contributed by atoms with E-state index in [1.165, 1.54) is 10.9 Å². The van der Waals surface area contributed by atoms with E-state index >= 15 is 0 Å². The molecule has 0 atom stereocenters. The van der Waals surface area contributed by atoms with Crippen molar-refractivity contribution in [3.05, 3.63) is 30.5 Å². The minimum Gasteiger partial charge on any atom is -0.494 e. The molecule has 1 aromatic heterocycles. The third kappa shape index (κ3) is 3.33. The fourth-order valence-electron chi connectivity index (χ4n) is 2.38. The number of rotatable bonds is 6. The molecular weight excluding hydrogens is 248 g/mol. The number of hydrogen-bond acceptors (Lipinski definition) is 2. The second-order valence-electron chi connectivity index (χ2n) is 5.76. The second-order valence-corrected chi connectivity index (χ2v) is 5.76. The van der Waals surface area contributed by atoms with E-state index in [1.807, 2.05) is 26.8 Å². The Hall–Kier alpha value is -1.95. The van der Waals surface area contributed by atoms with Gasteiger partial charge in [-0.3, -0.25) is 0 Å². The highest BCUT2D eigenvalue weighted by Gasteiger charge is 2.15. The van der Waals surface area contributed by atoms with E-state index in [1.54, 1.807) is 0 Å². The molecule has 1 aromatic carbocycles. The normalized spacial score (nSPS) is 11.5. The first-order chi connectivity index (χ1) is 9.55. The molecule has 2 aromatic rings. The van der Waals surface area contributed by atoms with E-state index in [9.17, 15) is 0 Å². The molecule has 0 aliphatic rings. The largest absolute Gasteiger partial charge is 0.494 e. The molecule has 106 valence electrons. The lowest BCUT2D eigenvalue weighted by Crippen LogP contribution is -2.09. The summed E-state index contributed by atoms with van der Waals surface area (Å²) in [6.07, 6.45) is 4.04. The molecule has 2 rings (SSSR count). The van der Waals surface area contributed by atoms with E-state index in [4.69, 9.17) is 10.00 Å². The lowest BCUT2D eigenvalue weighted by Gasteiger charge is -2.15. The number of fused-ring (bicyclic) bond motifs is 1. The number of aromatic nitrogens is 1. The topological polar surface area (TPSA) is 38.0 Å². The summed E-state index contributed by atoms with van der Waals surface area (Å²) in [7, 11) is 0. The van der Waals surface area contributed by atoms with Gasteiger partial charge in [-0.05, 0) is 57.9 Å². The van der Waals surface area contributed by atoms with Gasteiger partial charge in [-0.2, -0.15) is 5.26 Å². The smallest absolute Gasteiger partial charge is 0.120 e. The van der Waals surface area contributed by atoms with Gasteiger partial charge in [0.1, 0.15) is 5.75 Å². The molecule has 0 aliphatic carbocycles. The van der Waals surface area contributed by atoms with Gasteiger partial charge in [-0.15, -0.1) is 0 Å². The summed E-state index contributed by atoms with van der Waals surface area (Å²) in [5.74, 6) is 0.920. The van der Waals surface area contributed by atoms with Crippen molar-refractivity contribution in [3.63, 3.8) is 0 Å². The Morgan fingerprint density at radius 1 is 1.30 bits per heavy atom. The monoisotopic (exact) mass is 270 g/mol. The van der Waals surface area contributed by atoms with Crippen LogP contribution in [0, 0.1) is 16.7 Å². The minimum absolute atomic E-state index is 0.231. The van der Waals surface area contributed by atoms with E-state index in [2.05, 4.69) is 35.0 Å². The quantitative estimate of drug-likeness (QED) is 0.781. The van der Waals surface area contributed by atoms with Gasteiger partial charge < -0.3 is 9.30 Å². The summed E-state index contributed by atoms with van der Waals surface area (Å²) >= 11 is 0. The molecule has 0 saturated carbocycles. The number of nitriles is 1. The third-order valence-corrected chi connectivity index (χ3v) is 3.56. The highest BCUT2D eigenvalue weighted by Crippen LogP contribution is 2.24. The molecule has 0 amide bonds. The van der Waals surface area contributed by atoms with Crippen LogP contribution in [0.25, 0.3) is 10.9 Å². The summed E-state index contributed by atoms with van der Waals surface area (Å²) in [5.41, 5.74) is 0.994. The first-order valence-corrected chi connectivity index (χ1v) is 7.19. The summed E-state index contributed by atoms with van der Waals surface area (Å²) in [6.45, 7) is 7.62. The molecule has 0 radical (unpaired) electrons. The molecule has 0 N–H and O–H groups in total. The Kier molecular flexibility index (Phi) is 4.34. The number of hydrogen-bond donors (Lipinski definition) is 0. The first kappa shape index (κ1) is 14.5. The first-order valence-electron chi connectivity index (χ1n) is 7.19. The fraction of sp³-hybridized carbons (Fsp3) is 0.471. The number of ether oxygens (including phenoxy) is 1. The van der Waals surface area contributed by atoms with Gasteiger partial charge in [0, 0.05) is 23.6 Å². The van der Waals surface area contributed by atoms with Crippen LogP contribution in [0.2, 0.25) is 0 Å². The van der Waals surface area contributed by atoms with Crippen LogP contribution in [0.5, 0.6) is 5.75 Å². The van der Waals surface area contributed by atoms with Crippen molar-refractivity contribution in [2.24, 2.45) is 5.41 Å². The zero-order valence-electron chi connectivity index (χ0n) is 12.5. The van der Waals surface area contributed by atoms with Gasteiger partial charge in [0.05, 0.1) is 18.1 Å². The Balaban J connectivity index is 2.06. The second kappa shape index (κ2) is 6.00. The number of nitrogens with zero attached hydrogens (tertiary/aromatic N) is 2. The Bertz CT molecular complexity index is 619. The van der Waals surface area contributed by atoms with Crippen molar-refractivity contribution in [1.29, 1.82) is 5.26 Å². The summed E-state index contributed by atoms with van der Waals surface area (Å²) in [5, 5.41) is 10.2. The minimum atomic E-state index is -0.231. The van der Waals surface area contributed by atoms with Crippen molar-refractivity contribution in [3.8, 4) is 11.8 Å². The van der Waals surface area contributed by atoms with Gasteiger partial charge in [0.15, 0.2) is 0 Å². The summed E-state index contributed by atoms with van der Waals surface area (Å²) in [4.78, 5) is 0. The SMILES string of the molecule is CCOc1ccc2c(ccn2CCCC(C)(C)C#N)c1. The van der Waals surface area contributed by atoms with Crippen LogP contribution in [0.15, 0.2) is 30.5 Å². The molecule has 3 heteroatoms. The van der Waals surface area contributed by atoms with Gasteiger partial charge in [0.2, 0.25) is 0 Å². The van der Waals surface area contributed by atoms with E-state index < -0.39 is 0 Å². The summed E-state index contributed by atoms with van der Waals surface area (Å²) in [6, 6.07) is 10.7. The van der Waals surface area contributed by atoms with Crippen LogP contribution in [0.4, 0.5) is 0 Å². The molecule has 20 heavy (non-hydrogen) atoms. The zero-order chi connectivity index (χ0) is 14.6. The van der Waals surface area contributed by atoms with Crippen molar-refractivity contribution in [2.45, 2.75) is 40.2 Å². The molecule has 3 nitrogen and oxygen atoms in total. The molecule has 0 unspecified atom stereocenters. The van der Waals surface area contributed by atoms with Gasteiger partial charge in [-0.25, -0.2) is 0 Å². The van der Waals surface area contributed by atoms with E-state index in [0.717, 1.165) is 25.1 Å². The molecule has 0 saturated heterocycles. The predicted molar refractivity (Wildman–Crippen MR) is 81.7 cm³/mol. The van der Waals surface area contributed by atoms with Crippen LogP contribution < -0.4 is 4.74 Å². The molecule has 0 aliphatic heterocycles. The predicted octanol–water partition coefficient (Wildman–Crippen LogP) is 4.37. The molecule has 0 bridgehead atoms. The maximum absolute atomic E-state index is 9.03. The lowest BCUT2D eigenvalue weighted by molar-refractivity contribution is 0.340. The van der Waals surface area contributed by atoms with Crippen LogP contribution in [-0.4, -0.2) is 11.2 Å². The van der Waals surface area contributed by atoms with Crippen molar-refractivity contribution in [2.75, 3.05) is 6.61 Å². The summed E-state index contributed by atoms with van der Waals surface area (Å²) < 4.78 is 7.77. The Morgan fingerprint density at radius 3 is 2.80 bits per heavy atom. The fourth-order valence-corrected chi connectivity index (χ4v) is 2.38. The zero-order valence-corrected chi connectivity index (χ0v) is 12.5. The van der Waals surface area contributed by atoms with Gasteiger partial charge in [0.25, 0.3) is 0 Å². The highest BCUT2D eigenvalue weighted by molar-refractivity contribution is 5.81. The highest BCUT2D eigenvalue weighted by atomic mass is 16.5. The van der Waals surface area contributed by atoms with Crippen LogP contribution in [-0.2, 0) is 6.54 Å². The van der Waals surface area contributed by atoms with E-state index in [-0.39, 0.29) is 5.41 Å². The maximum Gasteiger partial charge on any atom is 0.120 e. The molecule has 0 fully saturated rings. The number of benzene rings is 1. The lowest BCUT2D eigenvalue weighted by atomic mass is 9.90. The van der Waals surface area contributed by atoms with Crippen LogP contribution in [0.3, 0.4) is 0 Å². The number of aryl methyl sites for hydroxylation is 1. The van der Waals surface area contributed by atoms with Crippen molar-refractivity contribution >= 4 is 10.9 Å². The van der Waals surface area contributed by atoms with E-state index in [0.29, 0.717) is 6.61 Å². The average molecular weight is 270 g/mol. The third-order valence-electron chi connectivity index (χ3n) is 3.56. The Labute approximate surface area is 120 Å². The van der Waals surface area contributed by atoms with Gasteiger partial charge in [-0.1, -0.05) is 0 Å². The van der Waals surface area contributed by atoms with Crippen molar-refractivity contribution in [1.82, 2.24) is 4.57 Å². The molecule has 0 spiro atoms. The molecular formula is C17H22N2O. The Morgan fingerprint density at radius 2 is 2.10 bits per heavy atom. The van der Waals surface area contributed by atoms with Gasteiger partial charge >= 0.3 is 0 Å².